The van der Waals surface area contributed by atoms with E-state index in [1.54, 1.807) is 0 Å². The molecule has 1 heterocycles. The lowest BCUT2D eigenvalue weighted by Gasteiger charge is -2.38. The molecule has 1 aliphatic carbocycles. The number of benzene rings is 1. The van der Waals surface area contributed by atoms with Crippen LogP contribution in [0.1, 0.15) is 65.9 Å². The average molecular weight is 388 g/mol. The molecule has 28 heavy (non-hydrogen) atoms. The molecule has 0 spiro atoms. The highest BCUT2D eigenvalue weighted by Gasteiger charge is 2.51. The molecule has 1 saturated carbocycles. The van der Waals surface area contributed by atoms with Crippen molar-refractivity contribution >= 4 is 18.6 Å². The number of esters is 1. The lowest BCUT2D eigenvalue weighted by Crippen LogP contribution is -2.41. The van der Waals surface area contributed by atoms with Crippen molar-refractivity contribution in [3.63, 3.8) is 0 Å². The predicted molar refractivity (Wildman–Crippen MR) is 109 cm³/mol. The van der Waals surface area contributed by atoms with Gasteiger partial charge in [-0.05, 0) is 77.2 Å². The zero-order chi connectivity index (χ0) is 20.7. The van der Waals surface area contributed by atoms with E-state index in [0.717, 1.165) is 36.7 Å². The van der Waals surface area contributed by atoms with Crippen molar-refractivity contribution in [3.05, 3.63) is 29.8 Å². The van der Waals surface area contributed by atoms with E-state index < -0.39 is 12.7 Å². The van der Waals surface area contributed by atoms with E-state index in [1.165, 1.54) is 7.11 Å². The lowest BCUT2D eigenvalue weighted by atomic mass is 9.70. The van der Waals surface area contributed by atoms with Crippen molar-refractivity contribution in [3.8, 4) is 0 Å². The first-order valence-corrected chi connectivity index (χ1v) is 10.2. The van der Waals surface area contributed by atoms with Crippen molar-refractivity contribution in [1.82, 2.24) is 0 Å². The Bertz CT molecular complexity index is 686. The molecule has 0 amide bonds. The van der Waals surface area contributed by atoms with Gasteiger partial charge in [0.1, 0.15) is 0 Å². The van der Waals surface area contributed by atoms with Gasteiger partial charge in [-0.2, -0.15) is 0 Å². The fourth-order valence-corrected chi connectivity index (χ4v) is 4.25. The number of carbonyl (C=O) groups is 1. The van der Waals surface area contributed by atoms with E-state index in [-0.39, 0.29) is 29.0 Å². The SMILES string of the molecule is COC(=O)[C@H]1CC[C@H](C(C)(O)c2ccc(B3OC(C)(C)C(C)(C)O3)cc2)CC1. The number of rotatable bonds is 4. The van der Waals surface area contributed by atoms with Gasteiger partial charge in [0.15, 0.2) is 0 Å². The molecule has 3 rings (SSSR count). The molecule has 154 valence electrons. The molecule has 0 bridgehead atoms. The molecular weight excluding hydrogens is 355 g/mol. The molecule has 1 unspecified atom stereocenters. The van der Waals surface area contributed by atoms with E-state index in [0.29, 0.717) is 0 Å². The molecule has 1 saturated heterocycles. The summed E-state index contributed by atoms with van der Waals surface area (Å²) >= 11 is 0. The van der Waals surface area contributed by atoms with E-state index in [2.05, 4.69) is 0 Å². The number of carbonyl (C=O) groups excluding carboxylic acids is 1. The fraction of sp³-hybridized carbons (Fsp3) is 0.682. The van der Waals surface area contributed by atoms with Crippen LogP contribution in [-0.4, -0.2) is 36.5 Å². The van der Waals surface area contributed by atoms with Crippen LogP contribution in [0.4, 0.5) is 0 Å². The van der Waals surface area contributed by atoms with Crippen molar-refractivity contribution in [2.45, 2.75) is 77.1 Å². The van der Waals surface area contributed by atoms with Gasteiger partial charge in [-0.25, -0.2) is 0 Å². The minimum Gasteiger partial charge on any atom is -0.469 e. The van der Waals surface area contributed by atoms with Crippen LogP contribution in [0.5, 0.6) is 0 Å². The number of hydrogen-bond acceptors (Lipinski definition) is 5. The highest BCUT2D eigenvalue weighted by atomic mass is 16.7. The number of aliphatic hydroxyl groups is 1. The van der Waals surface area contributed by atoms with Crippen LogP contribution >= 0.6 is 0 Å². The third-order valence-electron chi connectivity index (χ3n) is 7.08. The highest BCUT2D eigenvalue weighted by molar-refractivity contribution is 6.62. The van der Waals surface area contributed by atoms with Gasteiger partial charge in [0.05, 0.1) is 29.8 Å². The predicted octanol–water partition coefficient (Wildman–Crippen LogP) is 3.17. The van der Waals surface area contributed by atoms with Crippen molar-refractivity contribution in [2.24, 2.45) is 11.8 Å². The van der Waals surface area contributed by atoms with E-state index in [4.69, 9.17) is 14.0 Å². The van der Waals surface area contributed by atoms with Crippen LogP contribution in [0.3, 0.4) is 0 Å². The summed E-state index contributed by atoms with van der Waals surface area (Å²) in [5.74, 6) is -0.0521. The Morgan fingerprint density at radius 1 is 1.07 bits per heavy atom. The van der Waals surface area contributed by atoms with Gasteiger partial charge >= 0.3 is 13.1 Å². The van der Waals surface area contributed by atoms with E-state index >= 15 is 0 Å². The summed E-state index contributed by atoms with van der Waals surface area (Å²) in [6.07, 6.45) is 3.15. The lowest BCUT2D eigenvalue weighted by molar-refractivity contribution is -0.147. The summed E-state index contributed by atoms with van der Waals surface area (Å²) in [4.78, 5) is 11.7. The molecular formula is C22H33BO5. The monoisotopic (exact) mass is 388 g/mol. The second-order valence-electron chi connectivity index (χ2n) is 9.43. The Labute approximate surface area is 168 Å². The van der Waals surface area contributed by atoms with Crippen LogP contribution in [0.2, 0.25) is 0 Å². The molecule has 1 atom stereocenters. The van der Waals surface area contributed by atoms with Crippen molar-refractivity contribution in [1.29, 1.82) is 0 Å². The molecule has 1 aliphatic heterocycles. The molecule has 1 aromatic rings. The minimum atomic E-state index is -0.935. The molecule has 2 fully saturated rings. The average Bonchev–Trinajstić information content (AvgIpc) is 2.88. The highest BCUT2D eigenvalue weighted by Crippen LogP contribution is 2.41. The fourth-order valence-electron chi connectivity index (χ4n) is 4.25. The van der Waals surface area contributed by atoms with Gasteiger partial charge in [-0.1, -0.05) is 24.3 Å². The van der Waals surface area contributed by atoms with Gasteiger partial charge in [-0.15, -0.1) is 0 Å². The third kappa shape index (κ3) is 3.87. The second-order valence-corrected chi connectivity index (χ2v) is 9.43. The maximum atomic E-state index is 11.7. The summed E-state index contributed by atoms with van der Waals surface area (Å²) in [5.41, 5.74) is 0.150. The maximum Gasteiger partial charge on any atom is 0.494 e. The van der Waals surface area contributed by atoms with Crippen LogP contribution in [0.15, 0.2) is 24.3 Å². The summed E-state index contributed by atoms with van der Waals surface area (Å²) in [7, 11) is 1.03. The second kappa shape index (κ2) is 7.47. The quantitative estimate of drug-likeness (QED) is 0.634. The number of ether oxygens (including phenoxy) is 1. The third-order valence-corrected chi connectivity index (χ3v) is 7.08. The molecule has 2 aliphatic rings. The van der Waals surface area contributed by atoms with Crippen LogP contribution < -0.4 is 5.46 Å². The van der Waals surface area contributed by atoms with Gasteiger partial charge < -0.3 is 19.2 Å². The van der Waals surface area contributed by atoms with Crippen LogP contribution in [0, 0.1) is 11.8 Å². The first-order chi connectivity index (χ1) is 13.0. The normalized spacial score (nSPS) is 28.6. The van der Waals surface area contributed by atoms with Gasteiger partial charge in [0, 0.05) is 0 Å². The van der Waals surface area contributed by atoms with E-state index in [9.17, 15) is 9.90 Å². The Morgan fingerprint density at radius 3 is 2.04 bits per heavy atom. The van der Waals surface area contributed by atoms with Gasteiger partial charge in [0.2, 0.25) is 0 Å². The molecule has 0 radical (unpaired) electrons. The largest absolute Gasteiger partial charge is 0.494 e. The van der Waals surface area contributed by atoms with Crippen molar-refractivity contribution < 1.29 is 23.9 Å². The minimum absolute atomic E-state index is 0.0391. The van der Waals surface area contributed by atoms with Crippen LogP contribution in [0.25, 0.3) is 0 Å². The first-order valence-electron chi connectivity index (χ1n) is 10.2. The molecule has 1 aromatic carbocycles. The van der Waals surface area contributed by atoms with Gasteiger partial charge in [0.25, 0.3) is 0 Å². The summed E-state index contributed by atoms with van der Waals surface area (Å²) in [6, 6.07) is 7.89. The first kappa shape index (κ1) is 21.3. The smallest absolute Gasteiger partial charge is 0.469 e. The Kier molecular flexibility index (Phi) is 5.70. The number of hydrogen-bond donors (Lipinski definition) is 1. The van der Waals surface area contributed by atoms with E-state index in [1.807, 2.05) is 58.9 Å². The summed E-state index contributed by atoms with van der Waals surface area (Å²) in [6.45, 7) is 10.0. The van der Waals surface area contributed by atoms with Crippen molar-refractivity contribution in [2.75, 3.05) is 7.11 Å². The maximum absolute atomic E-state index is 11.7. The van der Waals surface area contributed by atoms with Gasteiger partial charge in [-0.3, -0.25) is 4.79 Å². The molecule has 6 heteroatoms. The Balaban J connectivity index is 1.69. The van der Waals surface area contributed by atoms with Crippen LogP contribution in [-0.2, 0) is 24.4 Å². The molecule has 5 nitrogen and oxygen atoms in total. The number of methoxy groups -OCH3 is 1. The topological polar surface area (TPSA) is 65.0 Å². The summed E-state index contributed by atoms with van der Waals surface area (Å²) in [5, 5.41) is 11.2. The standard InChI is InChI=1S/C22H33BO5/c1-20(2)21(3,4)28-23(27-20)18-13-11-17(12-14-18)22(5,25)16-9-7-15(8-10-16)19(24)26-6/h11-16,25H,7-10H2,1-6H3/t15-,16-,22?. The Morgan fingerprint density at radius 2 is 1.57 bits per heavy atom. The zero-order valence-electron chi connectivity index (χ0n) is 18.0. The Hall–Kier alpha value is -1.37. The zero-order valence-corrected chi connectivity index (χ0v) is 18.0. The molecule has 0 aromatic heterocycles. The molecule has 1 N–H and O–H groups in total. The summed E-state index contributed by atoms with van der Waals surface area (Å²) < 4.78 is 17.1.